The maximum atomic E-state index is 12.6. The first-order valence-corrected chi connectivity index (χ1v) is 12.2. The van der Waals surface area contributed by atoms with E-state index >= 15 is 0 Å². The van der Waals surface area contributed by atoms with Gasteiger partial charge in [-0.1, -0.05) is 78.3 Å². The molecule has 0 heterocycles. The fraction of sp³-hybridized carbons (Fsp3) is 0.241. The zero-order valence-electron chi connectivity index (χ0n) is 19.9. The van der Waals surface area contributed by atoms with Gasteiger partial charge in [0.25, 0.3) is 0 Å². The summed E-state index contributed by atoms with van der Waals surface area (Å²) in [6, 6.07) is 23.9. The third kappa shape index (κ3) is 5.96. The molecule has 7 heteroatoms. The molecule has 6 nitrogen and oxygen atoms in total. The molecule has 0 amide bonds. The Balaban J connectivity index is 1.47. The molecule has 1 aliphatic rings. The third-order valence-corrected chi connectivity index (χ3v) is 6.46. The van der Waals surface area contributed by atoms with E-state index in [-0.39, 0.29) is 12.5 Å². The molecular weight excluding hydrogens is 478 g/mol. The summed E-state index contributed by atoms with van der Waals surface area (Å²) in [6.07, 6.45) is 3.27. The zero-order valence-corrected chi connectivity index (χ0v) is 20.7. The monoisotopic (exact) mass is 505 g/mol. The van der Waals surface area contributed by atoms with Crippen LogP contribution in [0.4, 0.5) is 0 Å². The van der Waals surface area contributed by atoms with Gasteiger partial charge in [-0.15, -0.1) is 0 Å². The number of rotatable bonds is 11. The molecule has 0 spiro atoms. The Morgan fingerprint density at radius 1 is 1.08 bits per heavy atom. The van der Waals surface area contributed by atoms with Crippen molar-refractivity contribution in [1.29, 1.82) is 0 Å². The molecule has 0 aromatic heterocycles. The Hall–Kier alpha value is -3.61. The van der Waals surface area contributed by atoms with Gasteiger partial charge in [0.15, 0.2) is 0 Å². The second-order valence-corrected chi connectivity index (χ2v) is 9.10. The van der Waals surface area contributed by atoms with Crippen molar-refractivity contribution in [2.75, 3.05) is 6.61 Å². The summed E-state index contributed by atoms with van der Waals surface area (Å²) in [7, 11) is 0. The standard InChI is InChI=1S/C29H28ClNO5/c1-2-36-27(32)26(15-16-35-19-20-7-4-3-5-8-20)31-29(28(33)34)18-25(29)22-13-11-21(12-14-22)23-9-6-10-24(30)17-23/h3-17,25-26,31H,2,18-19H2,1H3,(H,33,34)/t25-,26?,29-/m0/s1. The van der Waals surface area contributed by atoms with E-state index in [1.54, 1.807) is 6.92 Å². The van der Waals surface area contributed by atoms with Gasteiger partial charge in [0.05, 0.1) is 12.9 Å². The van der Waals surface area contributed by atoms with Gasteiger partial charge >= 0.3 is 11.9 Å². The number of carboxylic acids is 1. The average molecular weight is 506 g/mol. The Morgan fingerprint density at radius 3 is 2.50 bits per heavy atom. The zero-order chi connectivity index (χ0) is 25.5. The summed E-state index contributed by atoms with van der Waals surface area (Å²) in [4.78, 5) is 25.0. The van der Waals surface area contributed by atoms with E-state index < -0.39 is 23.5 Å². The van der Waals surface area contributed by atoms with Crippen LogP contribution >= 0.6 is 11.6 Å². The van der Waals surface area contributed by atoms with Crippen LogP contribution in [0.2, 0.25) is 5.02 Å². The van der Waals surface area contributed by atoms with Gasteiger partial charge < -0.3 is 14.6 Å². The highest BCUT2D eigenvalue weighted by molar-refractivity contribution is 6.30. The number of hydrogen-bond donors (Lipinski definition) is 2. The largest absolute Gasteiger partial charge is 0.497 e. The Labute approximate surface area is 215 Å². The number of benzene rings is 3. The number of nitrogens with one attached hydrogen (secondary N) is 1. The molecule has 3 aromatic carbocycles. The molecular formula is C29H28ClNO5. The molecule has 1 fully saturated rings. The molecule has 1 unspecified atom stereocenters. The Morgan fingerprint density at radius 2 is 1.83 bits per heavy atom. The van der Waals surface area contributed by atoms with Gasteiger partial charge in [-0.3, -0.25) is 14.9 Å². The van der Waals surface area contributed by atoms with Crippen LogP contribution in [0, 0.1) is 0 Å². The highest BCUT2D eigenvalue weighted by Crippen LogP contribution is 2.52. The second-order valence-electron chi connectivity index (χ2n) is 8.66. The Bertz CT molecular complexity index is 1230. The predicted molar refractivity (Wildman–Crippen MR) is 139 cm³/mol. The molecule has 3 atom stereocenters. The van der Waals surface area contributed by atoms with Crippen molar-refractivity contribution >= 4 is 23.5 Å². The summed E-state index contributed by atoms with van der Waals surface area (Å²) in [5, 5.41) is 13.8. The topological polar surface area (TPSA) is 84.9 Å². The van der Waals surface area contributed by atoms with Crippen molar-refractivity contribution in [2.45, 2.75) is 37.5 Å². The fourth-order valence-corrected chi connectivity index (χ4v) is 4.44. The summed E-state index contributed by atoms with van der Waals surface area (Å²) >= 11 is 6.11. The summed E-state index contributed by atoms with van der Waals surface area (Å²) in [6.45, 7) is 2.22. The minimum absolute atomic E-state index is 0.185. The number of carbonyl (C=O) groups is 2. The molecule has 36 heavy (non-hydrogen) atoms. The van der Waals surface area contributed by atoms with Crippen molar-refractivity contribution in [2.24, 2.45) is 0 Å². The van der Waals surface area contributed by atoms with Crippen LogP contribution in [-0.2, 0) is 25.7 Å². The molecule has 4 rings (SSSR count). The number of ether oxygens (including phenoxy) is 2. The number of hydrogen-bond acceptors (Lipinski definition) is 5. The van der Waals surface area contributed by atoms with Crippen LogP contribution in [0.5, 0.6) is 0 Å². The average Bonchev–Trinajstić information content (AvgIpc) is 3.62. The van der Waals surface area contributed by atoms with Gasteiger partial charge in [-0.05, 0) is 53.8 Å². The van der Waals surface area contributed by atoms with Crippen molar-refractivity contribution < 1.29 is 24.2 Å². The lowest BCUT2D eigenvalue weighted by molar-refractivity contribution is -0.146. The van der Waals surface area contributed by atoms with E-state index in [4.69, 9.17) is 21.1 Å². The van der Waals surface area contributed by atoms with Gasteiger partial charge in [-0.25, -0.2) is 0 Å². The smallest absolute Gasteiger partial charge is 0.327 e. The van der Waals surface area contributed by atoms with Crippen LogP contribution in [0.3, 0.4) is 0 Å². The van der Waals surface area contributed by atoms with E-state index in [9.17, 15) is 14.7 Å². The molecule has 2 N–H and O–H groups in total. The molecule has 0 aliphatic heterocycles. The van der Waals surface area contributed by atoms with Crippen LogP contribution in [0.25, 0.3) is 11.1 Å². The van der Waals surface area contributed by atoms with Crippen molar-refractivity contribution in [3.05, 3.63) is 107 Å². The van der Waals surface area contributed by atoms with Crippen LogP contribution in [0.15, 0.2) is 91.2 Å². The minimum atomic E-state index is -1.28. The van der Waals surface area contributed by atoms with Crippen molar-refractivity contribution in [3.63, 3.8) is 0 Å². The third-order valence-electron chi connectivity index (χ3n) is 6.23. The van der Waals surface area contributed by atoms with E-state index in [1.165, 1.54) is 12.3 Å². The lowest BCUT2D eigenvalue weighted by Crippen LogP contribution is -2.50. The molecule has 0 saturated heterocycles. The normalized spacial score (nSPS) is 19.6. The highest BCUT2D eigenvalue weighted by Gasteiger charge is 2.62. The maximum absolute atomic E-state index is 12.6. The van der Waals surface area contributed by atoms with Gasteiger partial charge in [0.2, 0.25) is 0 Å². The van der Waals surface area contributed by atoms with Gasteiger partial charge in [-0.2, -0.15) is 0 Å². The van der Waals surface area contributed by atoms with Crippen LogP contribution in [-0.4, -0.2) is 35.2 Å². The summed E-state index contributed by atoms with van der Waals surface area (Å²) in [5.41, 5.74) is 2.55. The first-order valence-electron chi connectivity index (χ1n) is 11.8. The molecule has 0 radical (unpaired) electrons. The first-order chi connectivity index (χ1) is 17.4. The number of halogens is 1. The van der Waals surface area contributed by atoms with Gasteiger partial charge in [0.1, 0.15) is 18.2 Å². The molecule has 0 bridgehead atoms. The lowest BCUT2D eigenvalue weighted by atomic mass is 10.00. The van der Waals surface area contributed by atoms with E-state index in [0.29, 0.717) is 18.1 Å². The van der Waals surface area contributed by atoms with Gasteiger partial charge in [0, 0.05) is 10.9 Å². The van der Waals surface area contributed by atoms with E-state index in [0.717, 1.165) is 22.3 Å². The predicted octanol–water partition coefficient (Wildman–Crippen LogP) is 5.57. The number of aliphatic carboxylic acids is 1. The Kier molecular flexibility index (Phi) is 8.08. The van der Waals surface area contributed by atoms with Crippen molar-refractivity contribution in [1.82, 2.24) is 5.32 Å². The fourth-order valence-electron chi connectivity index (χ4n) is 4.25. The quantitative estimate of drug-likeness (QED) is 0.262. The van der Waals surface area contributed by atoms with E-state index in [1.807, 2.05) is 78.9 Å². The molecule has 1 saturated carbocycles. The number of carbonyl (C=O) groups excluding carboxylic acids is 1. The highest BCUT2D eigenvalue weighted by atomic mass is 35.5. The molecule has 3 aromatic rings. The SMILES string of the molecule is CCOC(=O)C(C=COCc1ccccc1)N[C@@]1(C(=O)O)C[C@H]1c1ccc(-c2cccc(Cl)c2)cc1. The molecule has 186 valence electrons. The summed E-state index contributed by atoms with van der Waals surface area (Å²) in [5.74, 6) is -1.86. The van der Waals surface area contributed by atoms with E-state index in [2.05, 4.69) is 5.32 Å². The molecule has 1 aliphatic carbocycles. The number of carboxylic acid groups (broad SMARTS) is 1. The lowest BCUT2D eigenvalue weighted by Gasteiger charge is -2.21. The first kappa shape index (κ1) is 25.5. The van der Waals surface area contributed by atoms with Crippen LogP contribution in [0.1, 0.15) is 30.4 Å². The summed E-state index contributed by atoms with van der Waals surface area (Å²) < 4.78 is 10.7. The second kappa shape index (κ2) is 11.4. The van der Waals surface area contributed by atoms with Crippen molar-refractivity contribution in [3.8, 4) is 11.1 Å². The van der Waals surface area contributed by atoms with Crippen LogP contribution < -0.4 is 5.32 Å². The number of esters is 1. The maximum Gasteiger partial charge on any atom is 0.327 e. The minimum Gasteiger partial charge on any atom is -0.497 e.